The largest absolute Gasteiger partial charge is 0.292 e. The molecule has 1 radical (unpaired) electrons. The summed E-state index contributed by atoms with van der Waals surface area (Å²) in [4.78, 5) is 0. The highest BCUT2D eigenvalue weighted by Gasteiger charge is 2.15. The molecule has 0 aromatic rings. The number of nitrogens with two attached hydrogens (primary N) is 1. The number of hydrogen-bond acceptors (Lipinski definition) is 1. The third-order valence-electron chi connectivity index (χ3n) is 0.926. The molecular weight excluding hydrogens is 105 g/mol. The van der Waals surface area contributed by atoms with E-state index in [9.17, 15) is 4.39 Å². The van der Waals surface area contributed by atoms with Gasteiger partial charge in [0.15, 0.2) is 5.79 Å². The first kappa shape index (κ1) is 5.51. The maximum Gasteiger partial charge on any atom is 0.196 e. The van der Waals surface area contributed by atoms with Crippen molar-refractivity contribution in [3.8, 4) is 0 Å². The average molecular weight is 112 g/mol. The molecule has 1 aliphatic carbocycles. The van der Waals surface area contributed by atoms with E-state index in [4.69, 9.17) is 5.73 Å². The van der Waals surface area contributed by atoms with Crippen LogP contribution in [0.15, 0.2) is 24.3 Å². The second kappa shape index (κ2) is 1.71. The van der Waals surface area contributed by atoms with Gasteiger partial charge in [0.2, 0.25) is 0 Å². The summed E-state index contributed by atoms with van der Waals surface area (Å²) in [5.41, 5.74) is 5.02. The number of alkyl halides is 1. The zero-order valence-electron chi connectivity index (χ0n) is 4.34. The van der Waals surface area contributed by atoms with Crippen LogP contribution in [0.25, 0.3) is 0 Å². The summed E-state index contributed by atoms with van der Waals surface area (Å²) in [6, 6.07) is 0. The van der Waals surface area contributed by atoms with Gasteiger partial charge in [0.25, 0.3) is 0 Å². The minimum atomic E-state index is -1.71. The molecule has 43 valence electrons. The number of rotatable bonds is 0. The lowest BCUT2D eigenvalue weighted by Crippen LogP contribution is -2.29. The molecule has 0 heterocycles. The number of hydrogen-bond donors (Lipinski definition) is 1. The van der Waals surface area contributed by atoms with E-state index >= 15 is 0 Å². The third-order valence-corrected chi connectivity index (χ3v) is 0.926. The average Bonchev–Trinajstić information content (AvgIpc) is 1.65. The monoisotopic (exact) mass is 112 g/mol. The first-order chi connectivity index (χ1) is 3.71. The van der Waals surface area contributed by atoms with Crippen LogP contribution in [0.1, 0.15) is 0 Å². The summed E-state index contributed by atoms with van der Waals surface area (Å²) in [7, 11) is 0. The highest BCUT2D eigenvalue weighted by Crippen LogP contribution is 2.11. The number of allylic oxidation sites excluding steroid dienone is 2. The Morgan fingerprint density at radius 1 is 1.25 bits per heavy atom. The molecule has 0 bridgehead atoms. The van der Waals surface area contributed by atoms with Crippen molar-refractivity contribution in [2.45, 2.75) is 5.79 Å². The predicted molar refractivity (Wildman–Crippen MR) is 30.6 cm³/mol. The highest BCUT2D eigenvalue weighted by molar-refractivity contribution is 5.24. The van der Waals surface area contributed by atoms with Crippen molar-refractivity contribution in [1.82, 2.24) is 0 Å². The van der Waals surface area contributed by atoms with E-state index in [1.807, 2.05) is 0 Å². The van der Waals surface area contributed by atoms with Gasteiger partial charge in [-0.15, -0.1) is 0 Å². The van der Waals surface area contributed by atoms with Gasteiger partial charge in [-0.2, -0.15) is 0 Å². The van der Waals surface area contributed by atoms with Crippen molar-refractivity contribution >= 4 is 0 Å². The molecule has 0 atom stereocenters. The molecule has 0 spiro atoms. The Hall–Kier alpha value is -0.630. The quantitative estimate of drug-likeness (QED) is 0.464. The number of halogens is 1. The lowest BCUT2D eigenvalue weighted by molar-refractivity contribution is 0.308. The SMILES string of the molecule is NC1(F)C=C[CH]C=C1. The van der Waals surface area contributed by atoms with Crippen LogP contribution >= 0.6 is 0 Å². The second-order valence-corrected chi connectivity index (χ2v) is 1.74. The Balaban J connectivity index is 2.69. The Kier molecular flexibility index (Phi) is 1.18. The van der Waals surface area contributed by atoms with E-state index < -0.39 is 5.79 Å². The van der Waals surface area contributed by atoms with Crippen LogP contribution in [0.4, 0.5) is 4.39 Å². The van der Waals surface area contributed by atoms with Crippen LogP contribution in [0, 0.1) is 6.42 Å². The standard InChI is InChI=1S/C6H7FN/c7-6(8)4-2-1-3-5-6/h1-5H,8H2. The van der Waals surface area contributed by atoms with Crippen LogP contribution in [0.5, 0.6) is 0 Å². The van der Waals surface area contributed by atoms with E-state index in [0.717, 1.165) is 0 Å². The Morgan fingerprint density at radius 3 is 2.00 bits per heavy atom. The maximum atomic E-state index is 12.5. The molecule has 0 saturated carbocycles. The van der Waals surface area contributed by atoms with Gasteiger partial charge in [0.1, 0.15) is 0 Å². The Bertz CT molecular complexity index is 121. The van der Waals surface area contributed by atoms with E-state index in [0.29, 0.717) is 0 Å². The van der Waals surface area contributed by atoms with Crippen LogP contribution in [-0.2, 0) is 0 Å². The lowest BCUT2D eigenvalue weighted by atomic mass is 10.1. The molecule has 2 heteroatoms. The zero-order chi connectivity index (χ0) is 6.04. The minimum Gasteiger partial charge on any atom is -0.292 e. The fourth-order valence-electron chi connectivity index (χ4n) is 0.526. The molecule has 1 rings (SSSR count). The topological polar surface area (TPSA) is 26.0 Å². The van der Waals surface area contributed by atoms with Crippen LogP contribution in [-0.4, -0.2) is 5.79 Å². The Morgan fingerprint density at radius 2 is 1.75 bits per heavy atom. The van der Waals surface area contributed by atoms with Crippen molar-refractivity contribution in [2.24, 2.45) is 5.73 Å². The minimum absolute atomic E-state index is 1.30. The molecule has 0 aliphatic heterocycles. The van der Waals surface area contributed by atoms with Gasteiger partial charge >= 0.3 is 0 Å². The fourth-order valence-corrected chi connectivity index (χ4v) is 0.526. The molecule has 8 heavy (non-hydrogen) atoms. The molecule has 0 fully saturated rings. The van der Waals surface area contributed by atoms with Crippen molar-refractivity contribution in [3.05, 3.63) is 30.7 Å². The highest BCUT2D eigenvalue weighted by atomic mass is 19.1. The van der Waals surface area contributed by atoms with E-state index in [1.165, 1.54) is 12.2 Å². The summed E-state index contributed by atoms with van der Waals surface area (Å²) in [5, 5.41) is 0. The molecule has 0 aromatic carbocycles. The van der Waals surface area contributed by atoms with Gasteiger partial charge in [-0.05, 0) is 12.2 Å². The first-order valence-electron chi connectivity index (χ1n) is 2.39. The summed E-state index contributed by atoms with van der Waals surface area (Å²) >= 11 is 0. The van der Waals surface area contributed by atoms with Crippen LogP contribution in [0.3, 0.4) is 0 Å². The van der Waals surface area contributed by atoms with Crippen molar-refractivity contribution in [2.75, 3.05) is 0 Å². The Labute approximate surface area is 47.7 Å². The van der Waals surface area contributed by atoms with Gasteiger partial charge in [-0.3, -0.25) is 5.73 Å². The third kappa shape index (κ3) is 1.17. The lowest BCUT2D eigenvalue weighted by Gasteiger charge is -2.11. The smallest absolute Gasteiger partial charge is 0.196 e. The zero-order valence-corrected chi connectivity index (χ0v) is 4.34. The van der Waals surface area contributed by atoms with Gasteiger partial charge in [-0.1, -0.05) is 12.2 Å². The summed E-state index contributed by atoms with van der Waals surface area (Å²) < 4.78 is 12.5. The molecule has 1 aliphatic rings. The van der Waals surface area contributed by atoms with Crippen molar-refractivity contribution < 1.29 is 4.39 Å². The van der Waals surface area contributed by atoms with Crippen molar-refractivity contribution in [1.29, 1.82) is 0 Å². The van der Waals surface area contributed by atoms with Gasteiger partial charge in [0.05, 0.1) is 0 Å². The summed E-state index contributed by atoms with van der Waals surface area (Å²) in [6.07, 6.45) is 7.49. The van der Waals surface area contributed by atoms with E-state index in [2.05, 4.69) is 0 Å². The van der Waals surface area contributed by atoms with E-state index in [1.54, 1.807) is 18.6 Å². The van der Waals surface area contributed by atoms with E-state index in [-0.39, 0.29) is 0 Å². The van der Waals surface area contributed by atoms with Gasteiger partial charge in [-0.25, -0.2) is 4.39 Å². The molecule has 0 unspecified atom stereocenters. The molecule has 1 nitrogen and oxygen atoms in total. The second-order valence-electron chi connectivity index (χ2n) is 1.74. The summed E-state index contributed by atoms with van der Waals surface area (Å²) in [6.45, 7) is 0. The molecule has 0 aromatic heterocycles. The first-order valence-corrected chi connectivity index (χ1v) is 2.39. The summed E-state index contributed by atoms with van der Waals surface area (Å²) in [5.74, 6) is -1.71. The molecule has 0 saturated heterocycles. The molecule has 0 amide bonds. The van der Waals surface area contributed by atoms with Crippen LogP contribution in [0.2, 0.25) is 0 Å². The maximum absolute atomic E-state index is 12.5. The predicted octanol–water partition coefficient (Wildman–Crippen LogP) is 0.941. The fraction of sp³-hybridized carbons (Fsp3) is 0.167. The van der Waals surface area contributed by atoms with Crippen LogP contribution < -0.4 is 5.73 Å². The van der Waals surface area contributed by atoms with Crippen molar-refractivity contribution in [3.63, 3.8) is 0 Å². The molecular formula is C6H7FN. The van der Waals surface area contributed by atoms with Gasteiger partial charge in [0, 0.05) is 6.42 Å². The normalized spacial score (nSPS) is 23.8. The molecule has 2 N–H and O–H groups in total. The van der Waals surface area contributed by atoms with Gasteiger partial charge < -0.3 is 0 Å².